The number of thiazole rings is 1. The summed E-state index contributed by atoms with van der Waals surface area (Å²) in [6.45, 7) is 7.08. The van der Waals surface area contributed by atoms with E-state index in [1.54, 1.807) is 6.20 Å². The number of hydrogen-bond acceptors (Lipinski definition) is 5. The zero-order valence-corrected chi connectivity index (χ0v) is 11.1. The minimum absolute atomic E-state index is 0.231. The van der Waals surface area contributed by atoms with E-state index in [1.807, 2.05) is 19.2 Å². The van der Waals surface area contributed by atoms with Gasteiger partial charge < -0.3 is 4.74 Å². The Morgan fingerprint density at radius 2 is 2.24 bits per heavy atom. The Labute approximate surface area is 106 Å². The van der Waals surface area contributed by atoms with Gasteiger partial charge in [0.15, 0.2) is 5.78 Å². The normalized spacial score (nSPS) is 18.2. The molecule has 1 fully saturated rings. The molecule has 0 unspecified atom stereocenters. The van der Waals surface area contributed by atoms with Gasteiger partial charge in [-0.05, 0) is 13.8 Å². The van der Waals surface area contributed by atoms with Gasteiger partial charge in [0.05, 0.1) is 30.2 Å². The van der Waals surface area contributed by atoms with E-state index in [0.29, 0.717) is 19.6 Å². The maximum Gasteiger partial charge on any atom is 0.159 e. The second-order valence-corrected chi connectivity index (χ2v) is 5.66. The molecule has 1 aromatic rings. The summed E-state index contributed by atoms with van der Waals surface area (Å²) in [7, 11) is 0. The monoisotopic (exact) mass is 254 g/mol. The van der Waals surface area contributed by atoms with Crippen LogP contribution in [0.25, 0.3) is 0 Å². The molecule has 0 amide bonds. The maximum absolute atomic E-state index is 12.3. The van der Waals surface area contributed by atoms with E-state index in [0.717, 1.165) is 18.1 Å². The van der Waals surface area contributed by atoms with E-state index in [9.17, 15) is 4.79 Å². The molecule has 94 valence electrons. The summed E-state index contributed by atoms with van der Waals surface area (Å²) >= 11 is 1.54. The van der Waals surface area contributed by atoms with Crippen molar-refractivity contribution in [2.24, 2.45) is 0 Å². The zero-order chi connectivity index (χ0) is 12.3. The summed E-state index contributed by atoms with van der Waals surface area (Å²) in [6, 6.07) is 0. The standard InChI is InChI=1S/C12H18N2O2S/c1-12(2,14-4-6-16-7-5-14)10(15)9-11-13-3-8-17-11/h3,8H,4-7,9H2,1-2H3. The molecule has 0 atom stereocenters. The molecule has 1 aliphatic rings. The number of carbonyl (C=O) groups excluding carboxylic acids is 1. The molecule has 2 heterocycles. The predicted molar refractivity (Wildman–Crippen MR) is 67.3 cm³/mol. The van der Waals surface area contributed by atoms with Crippen molar-refractivity contribution in [1.82, 2.24) is 9.88 Å². The van der Waals surface area contributed by atoms with E-state index in [4.69, 9.17) is 4.74 Å². The molecule has 17 heavy (non-hydrogen) atoms. The maximum atomic E-state index is 12.3. The Bertz CT molecular complexity index is 370. The SMILES string of the molecule is CC(C)(C(=O)Cc1nccs1)N1CCOCC1. The topological polar surface area (TPSA) is 42.4 Å². The van der Waals surface area contributed by atoms with E-state index in [-0.39, 0.29) is 5.78 Å². The number of ketones is 1. The molecule has 5 heteroatoms. The molecule has 0 radical (unpaired) electrons. The molecule has 1 aliphatic heterocycles. The first-order chi connectivity index (χ1) is 8.10. The zero-order valence-electron chi connectivity index (χ0n) is 10.3. The van der Waals surface area contributed by atoms with Gasteiger partial charge in [0.2, 0.25) is 0 Å². The predicted octanol–water partition coefficient (Wildman–Crippen LogP) is 1.37. The molecular formula is C12H18N2O2S. The number of hydrogen-bond donors (Lipinski definition) is 0. The average molecular weight is 254 g/mol. The molecule has 0 bridgehead atoms. The largest absolute Gasteiger partial charge is 0.379 e. The van der Waals surface area contributed by atoms with Gasteiger partial charge in [-0.15, -0.1) is 11.3 Å². The third-order valence-electron chi connectivity index (χ3n) is 3.28. The van der Waals surface area contributed by atoms with Crippen LogP contribution in [-0.2, 0) is 16.0 Å². The minimum atomic E-state index is -0.421. The Morgan fingerprint density at radius 1 is 1.53 bits per heavy atom. The first-order valence-electron chi connectivity index (χ1n) is 5.85. The molecule has 0 aliphatic carbocycles. The number of Topliss-reactive ketones (excluding diaryl/α,β-unsaturated/α-hetero) is 1. The molecule has 1 aromatic heterocycles. The summed E-state index contributed by atoms with van der Waals surface area (Å²) in [5, 5.41) is 2.81. The highest BCUT2D eigenvalue weighted by atomic mass is 32.1. The van der Waals surface area contributed by atoms with Crippen LogP contribution in [0.4, 0.5) is 0 Å². The lowest BCUT2D eigenvalue weighted by molar-refractivity contribution is -0.131. The lowest BCUT2D eigenvalue weighted by Gasteiger charge is -2.39. The molecule has 1 saturated heterocycles. The van der Waals surface area contributed by atoms with Crippen molar-refractivity contribution in [3.63, 3.8) is 0 Å². The molecule has 0 N–H and O–H groups in total. The second kappa shape index (κ2) is 5.25. The van der Waals surface area contributed by atoms with Crippen molar-refractivity contribution in [1.29, 1.82) is 0 Å². The Kier molecular flexibility index (Phi) is 3.91. The van der Waals surface area contributed by atoms with Crippen LogP contribution in [-0.4, -0.2) is 47.5 Å². The van der Waals surface area contributed by atoms with Crippen LogP contribution in [0, 0.1) is 0 Å². The van der Waals surface area contributed by atoms with Gasteiger partial charge in [-0.3, -0.25) is 9.69 Å². The third kappa shape index (κ3) is 2.91. The first-order valence-corrected chi connectivity index (χ1v) is 6.73. The molecule has 4 nitrogen and oxygen atoms in total. The number of aromatic nitrogens is 1. The number of carbonyl (C=O) groups is 1. The molecule has 0 saturated carbocycles. The van der Waals surface area contributed by atoms with Crippen molar-refractivity contribution >= 4 is 17.1 Å². The quantitative estimate of drug-likeness (QED) is 0.814. The van der Waals surface area contributed by atoms with Gasteiger partial charge in [-0.1, -0.05) is 0 Å². The number of ether oxygens (including phenoxy) is 1. The highest BCUT2D eigenvalue weighted by Crippen LogP contribution is 2.20. The minimum Gasteiger partial charge on any atom is -0.379 e. The van der Waals surface area contributed by atoms with Gasteiger partial charge in [0.1, 0.15) is 0 Å². The van der Waals surface area contributed by atoms with Crippen molar-refractivity contribution in [3.05, 3.63) is 16.6 Å². The van der Waals surface area contributed by atoms with Crippen LogP contribution < -0.4 is 0 Å². The van der Waals surface area contributed by atoms with E-state index >= 15 is 0 Å². The van der Waals surface area contributed by atoms with Crippen molar-refractivity contribution < 1.29 is 9.53 Å². The van der Waals surface area contributed by atoms with Crippen LogP contribution >= 0.6 is 11.3 Å². The Hall–Kier alpha value is -0.780. The molecule has 2 rings (SSSR count). The van der Waals surface area contributed by atoms with Crippen LogP contribution in [0.1, 0.15) is 18.9 Å². The fraction of sp³-hybridized carbons (Fsp3) is 0.667. The van der Waals surface area contributed by atoms with Crippen LogP contribution in [0.15, 0.2) is 11.6 Å². The van der Waals surface area contributed by atoms with Gasteiger partial charge in [-0.2, -0.15) is 0 Å². The van der Waals surface area contributed by atoms with E-state index in [1.165, 1.54) is 11.3 Å². The average Bonchev–Trinajstić information content (AvgIpc) is 2.83. The molecule has 0 spiro atoms. The summed E-state index contributed by atoms with van der Waals surface area (Å²) in [5.41, 5.74) is -0.421. The molecule has 0 aromatic carbocycles. The van der Waals surface area contributed by atoms with E-state index in [2.05, 4.69) is 9.88 Å². The van der Waals surface area contributed by atoms with Crippen molar-refractivity contribution in [2.75, 3.05) is 26.3 Å². The van der Waals surface area contributed by atoms with Gasteiger partial charge >= 0.3 is 0 Å². The van der Waals surface area contributed by atoms with Gasteiger partial charge in [-0.25, -0.2) is 4.98 Å². The highest BCUT2D eigenvalue weighted by molar-refractivity contribution is 7.09. The smallest absolute Gasteiger partial charge is 0.159 e. The number of nitrogens with zero attached hydrogens (tertiary/aromatic N) is 2. The Balaban J connectivity index is 2.00. The lowest BCUT2D eigenvalue weighted by Crippen LogP contribution is -2.54. The molecular weight excluding hydrogens is 236 g/mol. The number of morpholine rings is 1. The second-order valence-electron chi connectivity index (χ2n) is 4.68. The van der Waals surface area contributed by atoms with Crippen LogP contribution in [0.2, 0.25) is 0 Å². The van der Waals surface area contributed by atoms with E-state index < -0.39 is 5.54 Å². The number of rotatable bonds is 4. The summed E-state index contributed by atoms with van der Waals surface area (Å²) in [5.74, 6) is 0.231. The summed E-state index contributed by atoms with van der Waals surface area (Å²) in [4.78, 5) is 18.7. The third-order valence-corrected chi connectivity index (χ3v) is 4.06. The van der Waals surface area contributed by atoms with Crippen LogP contribution in [0.5, 0.6) is 0 Å². The lowest BCUT2D eigenvalue weighted by atomic mass is 9.94. The Morgan fingerprint density at radius 3 is 2.82 bits per heavy atom. The van der Waals surface area contributed by atoms with Crippen LogP contribution in [0.3, 0.4) is 0 Å². The fourth-order valence-corrected chi connectivity index (χ4v) is 2.61. The highest BCUT2D eigenvalue weighted by Gasteiger charge is 2.35. The van der Waals surface area contributed by atoms with Gasteiger partial charge in [0.25, 0.3) is 0 Å². The summed E-state index contributed by atoms with van der Waals surface area (Å²) < 4.78 is 5.32. The van der Waals surface area contributed by atoms with Crippen molar-refractivity contribution in [2.45, 2.75) is 25.8 Å². The summed E-state index contributed by atoms with van der Waals surface area (Å²) in [6.07, 6.45) is 2.18. The first kappa shape index (κ1) is 12.7. The van der Waals surface area contributed by atoms with Crippen molar-refractivity contribution in [3.8, 4) is 0 Å². The van der Waals surface area contributed by atoms with Gasteiger partial charge in [0, 0.05) is 24.7 Å². The fourth-order valence-electron chi connectivity index (χ4n) is 1.99.